The molecule has 2 aromatic carbocycles. The molecule has 0 spiro atoms. The molecule has 1 atom stereocenters. The molecule has 2 aromatic rings. The third-order valence-electron chi connectivity index (χ3n) is 5.15. The number of amides is 1. The standard InChI is InChI=1S/C20H21BrN2O6S/c21-13-3-4-17(24)18(9-13)30(27,28)23-16-8-12(11-1-2-11)7-15(19(16)25)20(26)22-14-5-6-29-10-14/h3-4,7-9,11,14,23-25H,1-2,5-6,10H2,(H,22,26). The van der Waals surface area contributed by atoms with Crippen LogP contribution in [-0.2, 0) is 14.8 Å². The number of rotatable bonds is 6. The maximum absolute atomic E-state index is 12.9. The van der Waals surface area contributed by atoms with Gasteiger partial charge >= 0.3 is 0 Å². The molecule has 4 rings (SSSR count). The minimum atomic E-state index is -4.22. The average Bonchev–Trinajstić information content (AvgIpc) is 3.42. The highest BCUT2D eigenvalue weighted by Gasteiger charge is 2.30. The van der Waals surface area contributed by atoms with Crippen LogP contribution in [0.15, 0.2) is 39.7 Å². The number of ether oxygens (including phenoxy) is 1. The van der Waals surface area contributed by atoms with Crippen LogP contribution in [0.5, 0.6) is 11.5 Å². The van der Waals surface area contributed by atoms with E-state index in [0.717, 1.165) is 18.4 Å². The highest BCUT2D eigenvalue weighted by Crippen LogP contribution is 2.44. The molecule has 4 N–H and O–H groups in total. The van der Waals surface area contributed by atoms with Gasteiger partial charge in [0, 0.05) is 11.1 Å². The Morgan fingerprint density at radius 3 is 2.57 bits per heavy atom. The van der Waals surface area contributed by atoms with Gasteiger partial charge in [-0.1, -0.05) is 15.9 Å². The number of hydrogen-bond donors (Lipinski definition) is 4. The molecule has 1 aliphatic heterocycles. The molecular formula is C20H21BrN2O6S. The first-order valence-corrected chi connectivity index (χ1v) is 11.8. The van der Waals surface area contributed by atoms with Crippen molar-refractivity contribution in [3.05, 3.63) is 45.9 Å². The summed E-state index contributed by atoms with van der Waals surface area (Å²) in [7, 11) is -4.22. The fourth-order valence-electron chi connectivity index (χ4n) is 3.37. The quantitative estimate of drug-likeness (QED) is 0.455. The highest BCUT2D eigenvalue weighted by molar-refractivity contribution is 9.10. The van der Waals surface area contributed by atoms with E-state index in [1.165, 1.54) is 24.3 Å². The second-order valence-corrected chi connectivity index (χ2v) is 10.1. The maximum Gasteiger partial charge on any atom is 0.265 e. The summed E-state index contributed by atoms with van der Waals surface area (Å²) in [5.41, 5.74) is 0.672. The van der Waals surface area contributed by atoms with E-state index in [1.54, 1.807) is 6.07 Å². The van der Waals surface area contributed by atoms with Gasteiger partial charge < -0.3 is 20.3 Å². The summed E-state index contributed by atoms with van der Waals surface area (Å²) >= 11 is 3.18. The zero-order valence-electron chi connectivity index (χ0n) is 15.9. The SMILES string of the molecule is O=C(NC1CCOC1)c1cc(C2CC2)cc(NS(=O)(=O)c2cc(Br)ccc2O)c1O. The number of carbonyl (C=O) groups excluding carboxylic acids is 1. The molecule has 2 aliphatic rings. The Balaban J connectivity index is 1.69. The molecule has 1 saturated heterocycles. The van der Waals surface area contributed by atoms with Crippen molar-refractivity contribution in [1.82, 2.24) is 5.32 Å². The van der Waals surface area contributed by atoms with Crippen molar-refractivity contribution in [2.75, 3.05) is 17.9 Å². The summed E-state index contributed by atoms with van der Waals surface area (Å²) in [6, 6.07) is 7.01. The molecular weight excluding hydrogens is 476 g/mol. The van der Waals surface area contributed by atoms with Gasteiger partial charge in [0.05, 0.1) is 23.9 Å². The van der Waals surface area contributed by atoms with Gasteiger partial charge in [-0.3, -0.25) is 9.52 Å². The van der Waals surface area contributed by atoms with Crippen LogP contribution in [0, 0.1) is 0 Å². The van der Waals surface area contributed by atoms with Crippen LogP contribution in [0.1, 0.15) is 41.1 Å². The van der Waals surface area contributed by atoms with E-state index in [2.05, 4.69) is 26.0 Å². The Labute approximate surface area is 182 Å². The van der Waals surface area contributed by atoms with Gasteiger partial charge in [0.2, 0.25) is 0 Å². The van der Waals surface area contributed by atoms with Gasteiger partial charge in [0.25, 0.3) is 15.9 Å². The topological polar surface area (TPSA) is 125 Å². The summed E-state index contributed by atoms with van der Waals surface area (Å²) in [6.45, 7) is 0.955. The third-order valence-corrected chi connectivity index (χ3v) is 7.03. The molecule has 1 aliphatic carbocycles. The number of phenols is 2. The van der Waals surface area contributed by atoms with Crippen molar-refractivity contribution in [2.24, 2.45) is 0 Å². The lowest BCUT2D eigenvalue weighted by molar-refractivity contribution is 0.0927. The third kappa shape index (κ3) is 4.40. The number of benzene rings is 2. The smallest absolute Gasteiger partial charge is 0.265 e. The lowest BCUT2D eigenvalue weighted by Gasteiger charge is -2.17. The molecule has 2 fully saturated rings. The Morgan fingerprint density at radius 2 is 1.90 bits per heavy atom. The zero-order valence-corrected chi connectivity index (χ0v) is 18.3. The molecule has 10 heteroatoms. The Bertz CT molecular complexity index is 1090. The van der Waals surface area contributed by atoms with Crippen molar-refractivity contribution in [1.29, 1.82) is 0 Å². The van der Waals surface area contributed by atoms with Crippen molar-refractivity contribution in [2.45, 2.75) is 36.1 Å². The summed E-state index contributed by atoms with van der Waals surface area (Å²) in [5, 5.41) is 23.5. The van der Waals surface area contributed by atoms with Gasteiger partial charge in [0.15, 0.2) is 5.75 Å². The number of nitrogens with one attached hydrogen (secondary N) is 2. The largest absolute Gasteiger partial charge is 0.507 e. The minimum Gasteiger partial charge on any atom is -0.507 e. The summed E-state index contributed by atoms with van der Waals surface area (Å²) < 4.78 is 33.8. The van der Waals surface area contributed by atoms with Crippen LogP contribution in [-0.4, -0.2) is 43.8 Å². The summed E-state index contributed by atoms with van der Waals surface area (Å²) in [5.74, 6) is -1.16. The first kappa shape index (κ1) is 21.0. The van der Waals surface area contributed by atoms with Gasteiger partial charge in [0.1, 0.15) is 10.6 Å². The summed E-state index contributed by atoms with van der Waals surface area (Å²) in [6.07, 6.45) is 2.54. The molecule has 0 bridgehead atoms. The number of anilines is 1. The number of phenolic OH excluding ortho intramolecular Hbond substituents is 2. The van der Waals surface area contributed by atoms with Crippen molar-refractivity contribution in [3.63, 3.8) is 0 Å². The van der Waals surface area contributed by atoms with Gasteiger partial charge in [-0.25, -0.2) is 8.42 Å². The maximum atomic E-state index is 12.9. The Morgan fingerprint density at radius 1 is 1.13 bits per heavy atom. The van der Waals surface area contributed by atoms with Crippen LogP contribution < -0.4 is 10.0 Å². The number of aromatic hydroxyl groups is 2. The first-order chi connectivity index (χ1) is 14.2. The van der Waals surface area contributed by atoms with E-state index in [4.69, 9.17) is 4.74 Å². The van der Waals surface area contributed by atoms with Crippen LogP contribution in [0.3, 0.4) is 0 Å². The highest BCUT2D eigenvalue weighted by atomic mass is 79.9. The van der Waals surface area contributed by atoms with E-state index in [1.807, 2.05) is 0 Å². The molecule has 0 radical (unpaired) electrons. The van der Waals surface area contributed by atoms with E-state index in [0.29, 0.717) is 24.1 Å². The van der Waals surface area contributed by atoms with E-state index in [-0.39, 0.29) is 28.1 Å². The fourth-order valence-corrected chi connectivity index (χ4v) is 5.07. The van der Waals surface area contributed by atoms with E-state index >= 15 is 0 Å². The number of carbonyl (C=O) groups is 1. The number of sulfonamides is 1. The molecule has 1 amide bonds. The zero-order chi connectivity index (χ0) is 21.5. The normalized spacial score (nSPS) is 18.9. The van der Waals surface area contributed by atoms with E-state index in [9.17, 15) is 23.4 Å². The molecule has 1 heterocycles. The first-order valence-electron chi connectivity index (χ1n) is 9.51. The van der Waals surface area contributed by atoms with Gasteiger partial charge in [-0.05, 0) is 61.1 Å². The lowest BCUT2D eigenvalue weighted by atomic mass is 10.0. The van der Waals surface area contributed by atoms with Crippen molar-refractivity contribution < 1.29 is 28.2 Å². The van der Waals surface area contributed by atoms with Gasteiger partial charge in [-0.15, -0.1) is 0 Å². The Kier molecular flexibility index (Phi) is 5.65. The van der Waals surface area contributed by atoms with Crippen LogP contribution in [0.2, 0.25) is 0 Å². The second kappa shape index (κ2) is 8.09. The van der Waals surface area contributed by atoms with Gasteiger partial charge in [-0.2, -0.15) is 0 Å². The second-order valence-electron chi connectivity index (χ2n) is 7.49. The molecule has 1 saturated carbocycles. The molecule has 1 unspecified atom stereocenters. The minimum absolute atomic E-state index is 0.00228. The Hall–Kier alpha value is -2.30. The van der Waals surface area contributed by atoms with E-state index < -0.39 is 27.4 Å². The summed E-state index contributed by atoms with van der Waals surface area (Å²) in [4.78, 5) is 12.4. The fraction of sp³-hybridized carbons (Fsp3) is 0.350. The van der Waals surface area contributed by atoms with Crippen LogP contribution in [0.4, 0.5) is 5.69 Å². The van der Waals surface area contributed by atoms with Crippen molar-refractivity contribution >= 4 is 37.5 Å². The van der Waals surface area contributed by atoms with Crippen LogP contribution >= 0.6 is 15.9 Å². The predicted molar refractivity (Wildman–Crippen MR) is 113 cm³/mol. The molecule has 160 valence electrons. The molecule has 0 aromatic heterocycles. The lowest BCUT2D eigenvalue weighted by Crippen LogP contribution is -2.35. The number of hydrogen-bond acceptors (Lipinski definition) is 6. The number of halogens is 1. The monoisotopic (exact) mass is 496 g/mol. The predicted octanol–water partition coefficient (Wildman–Crippen LogP) is 3.06. The van der Waals surface area contributed by atoms with Crippen molar-refractivity contribution in [3.8, 4) is 11.5 Å². The van der Waals surface area contributed by atoms with Crippen LogP contribution in [0.25, 0.3) is 0 Å². The average molecular weight is 497 g/mol. The molecule has 8 nitrogen and oxygen atoms in total. The molecule has 30 heavy (non-hydrogen) atoms.